The second-order valence-corrected chi connectivity index (χ2v) is 6.06. The molecule has 2 aliphatic rings. The summed E-state index contributed by atoms with van der Waals surface area (Å²) in [5.74, 6) is 1.39. The maximum absolute atomic E-state index is 12.1. The number of fused-ring (bicyclic) bond motifs is 1. The zero-order valence-electron chi connectivity index (χ0n) is 13.1. The first-order chi connectivity index (χ1) is 10.8. The molecule has 2 unspecified atom stereocenters. The van der Waals surface area contributed by atoms with Gasteiger partial charge in [-0.25, -0.2) is 0 Å². The first-order valence-corrected chi connectivity index (χ1v) is 8.09. The Balaban J connectivity index is 1.50. The highest BCUT2D eigenvalue weighted by molar-refractivity contribution is 5.97. The summed E-state index contributed by atoms with van der Waals surface area (Å²) in [7, 11) is 0. The lowest BCUT2D eigenvalue weighted by atomic mass is 9.98. The van der Waals surface area contributed by atoms with Gasteiger partial charge in [0.2, 0.25) is 0 Å². The lowest BCUT2D eigenvalue weighted by Gasteiger charge is -2.31. The predicted octanol–water partition coefficient (Wildman–Crippen LogP) is 1.82. The molecule has 1 N–H and O–H groups in total. The van der Waals surface area contributed by atoms with Gasteiger partial charge >= 0.3 is 0 Å². The van der Waals surface area contributed by atoms with Crippen molar-refractivity contribution in [2.45, 2.75) is 25.8 Å². The number of nitrogens with zero attached hydrogens (tertiary/aromatic N) is 1. The van der Waals surface area contributed by atoms with Crippen LogP contribution in [0.15, 0.2) is 24.3 Å². The summed E-state index contributed by atoms with van der Waals surface area (Å²) >= 11 is 0. The molecule has 2 heterocycles. The number of ether oxygens (including phenoxy) is 2. The molecule has 0 radical (unpaired) electrons. The van der Waals surface area contributed by atoms with Crippen molar-refractivity contribution in [2.24, 2.45) is 5.92 Å². The van der Waals surface area contributed by atoms with Gasteiger partial charge in [0, 0.05) is 19.2 Å². The van der Waals surface area contributed by atoms with Crippen LogP contribution in [0.5, 0.6) is 5.75 Å². The first kappa shape index (κ1) is 15.3. The molecule has 1 saturated heterocycles. The van der Waals surface area contributed by atoms with Crippen LogP contribution in [0.25, 0.3) is 0 Å². The molecule has 5 nitrogen and oxygen atoms in total. The van der Waals surface area contributed by atoms with Crippen molar-refractivity contribution < 1.29 is 14.3 Å². The Hall–Kier alpha value is -1.59. The summed E-state index contributed by atoms with van der Waals surface area (Å²) in [6.45, 7) is 5.69. The summed E-state index contributed by atoms with van der Waals surface area (Å²) in [5, 5.41) is 3.60. The van der Waals surface area contributed by atoms with Gasteiger partial charge in [0.1, 0.15) is 5.75 Å². The van der Waals surface area contributed by atoms with Gasteiger partial charge in [-0.1, -0.05) is 19.1 Å². The van der Waals surface area contributed by atoms with Gasteiger partial charge in [-0.05, 0) is 37.4 Å². The highest BCUT2D eigenvalue weighted by Gasteiger charge is 2.25. The van der Waals surface area contributed by atoms with E-state index in [0.29, 0.717) is 12.0 Å². The number of benzene rings is 1. The van der Waals surface area contributed by atoms with Gasteiger partial charge in [0.15, 0.2) is 6.61 Å². The van der Waals surface area contributed by atoms with Gasteiger partial charge in [-0.2, -0.15) is 0 Å². The third-order valence-corrected chi connectivity index (χ3v) is 4.41. The van der Waals surface area contributed by atoms with Crippen molar-refractivity contribution >= 4 is 11.6 Å². The third kappa shape index (κ3) is 3.42. The van der Waals surface area contributed by atoms with E-state index in [2.05, 4.69) is 12.2 Å². The average molecular weight is 304 g/mol. The van der Waals surface area contributed by atoms with Gasteiger partial charge in [0.25, 0.3) is 5.91 Å². The summed E-state index contributed by atoms with van der Waals surface area (Å²) in [4.78, 5) is 13.9. The molecular formula is C17H24N2O3. The van der Waals surface area contributed by atoms with Crippen LogP contribution < -0.4 is 15.0 Å². The van der Waals surface area contributed by atoms with E-state index in [9.17, 15) is 4.79 Å². The van der Waals surface area contributed by atoms with E-state index in [1.165, 1.54) is 0 Å². The zero-order valence-corrected chi connectivity index (χ0v) is 13.1. The lowest BCUT2D eigenvalue weighted by molar-refractivity contribution is -0.121. The Labute approximate surface area is 131 Å². The number of hydrogen-bond acceptors (Lipinski definition) is 4. The Morgan fingerprint density at radius 2 is 2.23 bits per heavy atom. The van der Waals surface area contributed by atoms with Crippen molar-refractivity contribution in [2.75, 3.05) is 37.8 Å². The van der Waals surface area contributed by atoms with Crippen molar-refractivity contribution in [1.29, 1.82) is 0 Å². The van der Waals surface area contributed by atoms with E-state index >= 15 is 0 Å². The molecular weight excluding hydrogens is 280 g/mol. The van der Waals surface area contributed by atoms with Gasteiger partial charge in [0.05, 0.1) is 12.3 Å². The van der Waals surface area contributed by atoms with E-state index < -0.39 is 0 Å². The lowest BCUT2D eigenvalue weighted by Crippen LogP contribution is -2.43. The number of carbonyl (C=O) groups is 1. The quantitative estimate of drug-likeness (QED) is 0.843. The number of anilines is 1. The second-order valence-electron chi connectivity index (χ2n) is 6.06. The second kappa shape index (κ2) is 7.11. The summed E-state index contributed by atoms with van der Waals surface area (Å²) in [6.07, 6.45) is 2.00. The fourth-order valence-corrected chi connectivity index (χ4v) is 3.11. The van der Waals surface area contributed by atoms with Crippen LogP contribution in [0.4, 0.5) is 5.69 Å². The van der Waals surface area contributed by atoms with Crippen LogP contribution in [-0.4, -0.2) is 44.9 Å². The minimum absolute atomic E-state index is 0.0399. The van der Waals surface area contributed by atoms with Crippen LogP contribution >= 0.6 is 0 Å². The fraction of sp³-hybridized carbons (Fsp3) is 0.588. The molecule has 1 fully saturated rings. The molecule has 0 saturated carbocycles. The molecule has 0 aliphatic carbocycles. The molecule has 1 amide bonds. The molecule has 1 aromatic carbocycles. The third-order valence-electron chi connectivity index (χ3n) is 4.41. The zero-order chi connectivity index (χ0) is 15.4. The van der Waals surface area contributed by atoms with Crippen LogP contribution in [0.3, 0.4) is 0 Å². The Morgan fingerprint density at radius 1 is 1.36 bits per heavy atom. The molecule has 0 aromatic heterocycles. The minimum Gasteiger partial charge on any atom is -0.482 e. The van der Waals surface area contributed by atoms with Crippen molar-refractivity contribution in [1.82, 2.24) is 5.32 Å². The number of rotatable bonds is 5. The molecule has 2 atom stereocenters. The first-order valence-electron chi connectivity index (χ1n) is 8.09. The molecule has 3 rings (SSSR count). The topological polar surface area (TPSA) is 50.8 Å². The van der Waals surface area contributed by atoms with Crippen LogP contribution in [0.1, 0.15) is 19.8 Å². The normalized spacial score (nSPS) is 24.8. The van der Waals surface area contributed by atoms with Crippen LogP contribution in [0, 0.1) is 5.92 Å². The van der Waals surface area contributed by atoms with Crippen molar-refractivity contribution in [3.63, 3.8) is 0 Å². The van der Waals surface area contributed by atoms with E-state index in [1.54, 1.807) is 0 Å². The van der Waals surface area contributed by atoms with Gasteiger partial charge < -0.3 is 19.7 Å². The van der Waals surface area contributed by atoms with Gasteiger partial charge in [-0.3, -0.25) is 4.79 Å². The monoisotopic (exact) mass is 304 g/mol. The molecule has 0 spiro atoms. The number of carbonyl (C=O) groups excluding carboxylic acids is 1. The maximum Gasteiger partial charge on any atom is 0.265 e. The maximum atomic E-state index is 12.1. The fourth-order valence-electron chi connectivity index (χ4n) is 3.11. The number of para-hydroxylation sites is 2. The largest absolute Gasteiger partial charge is 0.482 e. The molecule has 5 heteroatoms. The van der Waals surface area contributed by atoms with E-state index in [0.717, 1.165) is 50.6 Å². The van der Waals surface area contributed by atoms with E-state index in [1.807, 2.05) is 29.2 Å². The SMILES string of the molecule is CC1COCCC1NCCCN1C(=O)COc2ccccc21. The Morgan fingerprint density at radius 3 is 3.09 bits per heavy atom. The number of amides is 1. The van der Waals surface area contributed by atoms with Crippen molar-refractivity contribution in [3.05, 3.63) is 24.3 Å². The van der Waals surface area contributed by atoms with Crippen LogP contribution in [0.2, 0.25) is 0 Å². The van der Waals surface area contributed by atoms with Gasteiger partial charge in [-0.15, -0.1) is 0 Å². The smallest absolute Gasteiger partial charge is 0.265 e. The van der Waals surface area contributed by atoms with E-state index in [4.69, 9.17) is 9.47 Å². The Bertz CT molecular complexity index is 520. The number of nitrogens with one attached hydrogen (secondary N) is 1. The standard InChI is InChI=1S/C17H24N2O3/c1-13-11-21-10-7-14(13)18-8-4-9-19-15-5-2-3-6-16(15)22-12-17(19)20/h2-3,5-6,13-14,18H,4,7-12H2,1H3. The average Bonchev–Trinajstić information content (AvgIpc) is 2.55. The molecule has 120 valence electrons. The summed E-state index contributed by atoms with van der Waals surface area (Å²) in [6, 6.07) is 8.26. The highest BCUT2D eigenvalue weighted by Crippen LogP contribution is 2.31. The minimum atomic E-state index is 0.0399. The Kier molecular flexibility index (Phi) is 4.95. The molecule has 2 aliphatic heterocycles. The van der Waals surface area contributed by atoms with Crippen molar-refractivity contribution in [3.8, 4) is 5.75 Å². The number of hydrogen-bond donors (Lipinski definition) is 1. The predicted molar refractivity (Wildman–Crippen MR) is 85.3 cm³/mol. The summed E-state index contributed by atoms with van der Waals surface area (Å²) < 4.78 is 10.9. The molecule has 0 bridgehead atoms. The molecule has 22 heavy (non-hydrogen) atoms. The van der Waals surface area contributed by atoms with E-state index in [-0.39, 0.29) is 12.5 Å². The summed E-state index contributed by atoms with van der Waals surface area (Å²) in [5.41, 5.74) is 0.887. The highest BCUT2D eigenvalue weighted by atomic mass is 16.5. The molecule has 1 aromatic rings. The van der Waals surface area contributed by atoms with Crippen LogP contribution in [-0.2, 0) is 9.53 Å².